The van der Waals surface area contributed by atoms with Crippen molar-refractivity contribution in [2.45, 2.75) is 13.8 Å². The van der Waals surface area contributed by atoms with Crippen molar-refractivity contribution in [1.82, 2.24) is 0 Å². The Hall–Kier alpha value is -3.21. The third kappa shape index (κ3) is 5.53. The van der Waals surface area contributed by atoms with E-state index in [9.17, 15) is 9.59 Å². The van der Waals surface area contributed by atoms with E-state index in [1.807, 2.05) is 12.1 Å². The molecule has 0 spiro atoms. The van der Waals surface area contributed by atoms with Crippen molar-refractivity contribution >= 4 is 23.2 Å². The van der Waals surface area contributed by atoms with Crippen LogP contribution in [-0.2, 0) is 9.59 Å². The van der Waals surface area contributed by atoms with Gasteiger partial charge in [-0.25, -0.2) is 0 Å². The van der Waals surface area contributed by atoms with Crippen LogP contribution >= 0.6 is 0 Å². The molecule has 0 unspecified atom stereocenters. The molecule has 2 N–H and O–H groups in total. The van der Waals surface area contributed by atoms with Gasteiger partial charge in [-0.3, -0.25) is 20.0 Å². The minimum absolute atomic E-state index is 0.353. The molecule has 0 aliphatic carbocycles. The zero-order valence-corrected chi connectivity index (χ0v) is 13.2. The number of anilines is 2. The van der Waals surface area contributed by atoms with Crippen molar-refractivity contribution in [2.24, 2.45) is 0 Å². The Morgan fingerprint density at radius 1 is 0.833 bits per heavy atom. The first-order chi connectivity index (χ1) is 11.4. The fourth-order valence-corrected chi connectivity index (χ4v) is 1.61. The molecule has 124 valence electrons. The molecule has 2 amide bonds. The van der Waals surface area contributed by atoms with Crippen molar-refractivity contribution in [2.75, 3.05) is 10.1 Å². The van der Waals surface area contributed by atoms with Crippen LogP contribution in [0.1, 0.15) is 19.4 Å². The molecule has 0 saturated heterocycles. The van der Waals surface area contributed by atoms with Crippen molar-refractivity contribution < 1.29 is 20.0 Å². The lowest BCUT2D eigenvalue weighted by Gasteiger charge is -2.11. The minimum atomic E-state index is -0.468. The molecule has 2 rings (SSSR count). The number of hydroxylamine groups is 2. The molecule has 2 aromatic rings. The normalized spacial score (nSPS) is 9.12. The second-order valence-corrected chi connectivity index (χ2v) is 4.66. The van der Waals surface area contributed by atoms with Gasteiger partial charge < -0.3 is 0 Å². The predicted molar refractivity (Wildman–Crippen MR) is 87.5 cm³/mol. The van der Waals surface area contributed by atoms with E-state index < -0.39 is 11.8 Å². The Kier molecular flexibility index (Phi) is 7.10. The van der Waals surface area contributed by atoms with Gasteiger partial charge in [0.1, 0.15) is 0 Å². The van der Waals surface area contributed by atoms with Gasteiger partial charge in [-0.1, -0.05) is 18.2 Å². The third-order valence-electron chi connectivity index (χ3n) is 2.84. The molecule has 0 heterocycles. The average molecular weight is 327 g/mol. The Labute approximate surface area is 139 Å². The van der Waals surface area contributed by atoms with E-state index in [1.165, 1.54) is 38.1 Å². The smallest absolute Gasteiger partial charge is 0.247 e. The fraction of sp³-hybridized carbons (Fsp3) is 0.118. The summed E-state index contributed by atoms with van der Waals surface area (Å²) in [6.07, 6.45) is 0. The molecule has 0 atom stereocenters. The number of rotatable bonds is 2. The molecule has 0 bridgehead atoms. The zero-order chi connectivity index (χ0) is 18.1. The number of carbonyl (C=O) groups is 2. The maximum Gasteiger partial charge on any atom is 0.247 e. The SMILES string of the molecule is CC(=O)N(O)c1ccc(C#N)cc1.CC(=O)N(O)c1ccccc1. The van der Waals surface area contributed by atoms with Crippen LogP contribution in [0, 0.1) is 11.3 Å². The van der Waals surface area contributed by atoms with E-state index in [0.717, 1.165) is 0 Å². The summed E-state index contributed by atoms with van der Waals surface area (Å²) in [5.74, 6) is -0.860. The van der Waals surface area contributed by atoms with E-state index in [0.29, 0.717) is 27.1 Å². The fourth-order valence-electron chi connectivity index (χ4n) is 1.61. The van der Waals surface area contributed by atoms with Crippen LogP contribution in [0.3, 0.4) is 0 Å². The first-order valence-electron chi connectivity index (χ1n) is 6.91. The van der Waals surface area contributed by atoms with E-state index in [-0.39, 0.29) is 0 Å². The molecule has 7 nitrogen and oxygen atoms in total. The molecule has 0 aliphatic heterocycles. The highest BCUT2D eigenvalue weighted by molar-refractivity contribution is 5.89. The van der Waals surface area contributed by atoms with Crippen molar-refractivity contribution in [3.63, 3.8) is 0 Å². The number of nitriles is 1. The van der Waals surface area contributed by atoms with Gasteiger partial charge in [0.25, 0.3) is 0 Å². The van der Waals surface area contributed by atoms with Gasteiger partial charge in [0.15, 0.2) is 0 Å². The monoisotopic (exact) mass is 327 g/mol. The van der Waals surface area contributed by atoms with Gasteiger partial charge in [0.2, 0.25) is 11.8 Å². The molecule has 0 saturated carbocycles. The van der Waals surface area contributed by atoms with Crippen LogP contribution < -0.4 is 10.1 Å². The summed E-state index contributed by atoms with van der Waals surface area (Å²) in [6, 6.07) is 16.6. The molecular weight excluding hydrogens is 310 g/mol. The predicted octanol–water partition coefficient (Wildman–Crippen LogP) is 2.73. The molecular formula is C17H17N3O4. The lowest BCUT2D eigenvalue weighted by molar-refractivity contribution is -0.122. The van der Waals surface area contributed by atoms with Crippen LogP contribution in [0.5, 0.6) is 0 Å². The highest BCUT2D eigenvalue weighted by Crippen LogP contribution is 2.13. The Bertz CT molecular complexity index is 724. The van der Waals surface area contributed by atoms with Crippen molar-refractivity contribution in [1.29, 1.82) is 5.26 Å². The van der Waals surface area contributed by atoms with Gasteiger partial charge in [0, 0.05) is 13.8 Å². The third-order valence-corrected chi connectivity index (χ3v) is 2.84. The summed E-state index contributed by atoms with van der Waals surface area (Å²) in [6.45, 7) is 2.55. The second kappa shape index (κ2) is 9.05. The largest absolute Gasteiger partial charge is 0.281 e. The molecule has 24 heavy (non-hydrogen) atoms. The number of nitrogens with zero attached hydrogens (tertiary/aromatic N) is 3. The Morgan fingerprint density at radius 3 is 1.62 bits per heavy atom. The van der Waals surface area contributed by atoms with Crippen LogP contribution in [0.2, 0.25) is 0 Å². The number of benzene rings is 2. The van der Waals surface area contributed by atoms with Crippen molar-refractivity contribution in [3.8, 4) is 6.07 Å². The molecule has 0 aromatic heterocycles. The summed E-state index contributed by atoms with van der Waals surface area (Å²) in [4.78, 5) is 21.3. The number of hydrogen-bond acceptors (Lipinski definition) is 5. The zero-order valence-electron chi connectivity index (χ0n) is 13.2. The number of carbonyl (C=O) groups excluding carboxylic acids is 2. The Morgan fingerprint density at radius 2 is 1.25 bits per heavy atom. The Balaban J connectivity index is 0.000000243. The summed E-state index contributed by atoms with van der Waals surface area (Å²) in [5.41, 5.74) is 1.33. The van der Waals surface area contributed by atoms with E-state index in [2.05, 4.69) is 0 Å². The summed E-state index contributed by atoms with van der Waals surface area (Å²) in [7, 11) is 0. The summed E-state index contributed by atoms with van der Waals surface area (Å²) in [5, 5.41) is 27.9. The van der Waals surface area contributed by atoms with Gasteiger partial charge >= 0.3 is 0 Å². The van der Waals surface area contributed by atoms with E-state index >= 15 is 0 Å². The number of para-hydroxylation sites is 1. The molecule has 0 radical (unpaired) electrons. The lowest BCUT2D eigenvalue weighted by Crippen LogP contribution is -2.23. The highest BCUT2D eigenvalue weighted by Gasteiger charge is 2.06. The van der Waals surface area contributed by atoms with Gasteiger partial charge in [0.05, 0.1) is 23.0 Å². The van der Waals surface area contributed by atoms with E-state index in [4.69, 9.17) is 15.7 Å². The van der Waals surface area contributed by atoms with Crippen LogP contribution in [0.4, 0.5) is 11.4 Å². The second-order valence-electron chi connectivity index (χ2n) is 4.66. The lowest BCUT2D eigenvalue weighted by atomic mass is 10.2. The number of hydrogen-bond donors (Lipinski definition) is 2. The standard InChI is InChI=1S/C9H8N2O2.C8H9NO2/c1-7(12)11(13)9-4-2-8(6-10)3-5-9;1-7(10)9(11)8-5-3-2-4-6-8/h2-5,13H,1H3;2-6,11H,1H3. The van der Waals surface area contributed by atoms with E-state index in [1.54, 1.807) is 24.3 Å². The molecule has 2 aromatic carbocycles. The maximum atomic E-state index is 10.7. The topological polar surface area (TPSA) is 105 Å². The number of amides is 2. The van der Waals surface area contributed by atoms with Crippen LogP contribution in [0.15, 0.2) is 54.6 Å². The van der Waals surface area contributed by atoms with Gasteiger partial charge in [-0.2, -0.15) is 15.4 Å². The van der Waals surface area contributed by atoms with Crippen LogP contribution in [-0.4, -0.2) is 22.2 Å². The first kappa shape index (κ1) is 18.8. The van der Waals surface area contributed by atoms with Gasteiger partial charge in [-0.15, -0.1) is 0 Å². The van der Waals surface area contributed by atoms with Crippen LogP contribution in [0.25, 0.3) is 0 Å². The molecule has 0 fully saturated rings. The maximum absolute atomic E-state index is 10.7. The molecule has 7 heteroatoms. The van der Waals surface area contributed by atoms with Crippen molar-refractivity contribution in [3.05, 3.63) is 60.2 Å². The summed E-state index contributed by atoms with van der Waals surface area (Å²) >= 11 is 0. The minimum Gasteiger partial charge on any atom is -0.281 e. The highest BCUT2D eigenvalue weighted by atomic mass is 16.5. The average Bonchev–Trinajstić information content (AvgIpc) is 2.61. The summed E-state index contributed by atoms with van der Waals surface area (Å²) < 4.78 is 0. The quantitative estimate of drug-likeness (QED) is 0.652. The van der Waals surface area contributed by atoms with Gasteiger partial charge in [-0.05, 0) is 36.4 Å². The molecule has 0 aliphatic rings. The first-order valence-corrected chi connectivity index (χ1v) is 6.91.